The van der Waals surface area contributed by atoms with Gasteiger partial charge in [-0.15, -0.1) is 6.42 Å². The maximum absolute atomic E-state index is 14.9. The topological polar surface area (TPSA) is 95.1 Å². The highest BCUT2D eigenvalue weighted by atomic mass is 32.1. The van der Waals surface area contributed by atoms with Crippen LogP contribution in [-0.2, 0) is 14.3 Å². The van der Waals surface area contributed by atoms with E-state index >= 15 is 0 Å². The molecule has 3 saturated heterocycles. The van der Waals surface area contributed by atoms with Gasteiger partial charge in [-0.1, -0.05) is 42.2 Å². The zero-order valence-corrected chi connectivity index (χ0v) is 24.8. The number of nitrogens with one attached hydrogen (secondary N) is 1. The summed E-state index contributed by atoms with van der Waals surface area (Å²) in [5.41, 5.74) is 0.290. The molecule has 0 unspecified atom stereocenters. The lowest BCUT2D eigenvalue weighted by atomic mass is 9.87. The molecule has 0 spiro atoms. The number of thiazole rings is 1. The van der Waals surface area contributed by atoms with E-state index in [2.05, 4.69) is 33.1 Å². The summed E-state index contributed by atoms with van der Waals surface area (Å²) in [5.74, 6) is 1.41. The van der Waals surface area contributed by atoms with E-state index in [0.29, 0.717) is 16.3 Å². The second-order valence-electron chi connectivity index (χ2n) is 12.0. The first-order chi connectivity index (χ1) is 20.2. The van der Waals surface area contributed by atoms with Gasteiger partial charge in [-0.2, -0.15) is 4.39 Å². The Morgan fingerprint density at radius 3 is 2.55 bits per heavy atom. The minimum absolute atomic E-state index is 0.0358. The first-order valence-electron chi connectivity index (χ1n) is 14.6. The number of piperazine rings is 1. The summed E-state index contributed by atoms with van der Waals surface area (Å²) >= 11 is 1.04. The van der Waals surface area contributed by atoms with Gasteiger partial charge in [0.25, 0.3) is 5.91 Å². The average Bonchev–Trinajstić information content (AvgIpc) is 3.77. The van der Waals surface area contributed by atoms with Crippen LogP contribution < -0.4 is 10.2 Å². The number of likely N-dealkylation sites (tertiary alicyclic amines) is 1. The van der Waals surface area contributed by atoms with Crippen LogP contribution in [0.25, 0.3) is 11.3 Å². The molecule has 9 nitrogen and oxygen atoms in total. The third-order valence-electron chi connectivity index (χ3n) is 9.43. The summed E-state index contributed by atoms with van der Waals surface area (Å²) in [7, 11) is 2.07. The third kappa shape index (κ3) is 5.10. The Hall–Kier alpha value is -3.33. The molecule has 0 bridgehead atoms. The van der Waals surface area contributed by atoms with Crippen molar-refractivity contribution in [1.29, 1.82) is 0 Å². The number of ketones is 1. The van der Waals surface area contributed by atoms with Crippen LogP contribution in [0.15, 0.2) is 24.3 Å². The van der Waals surface area contributed by atoms with Gasteiger partial charge in [0.05, 0.1) is 5.92 Å². The predicted molar refractivity (Wildman–Crippen MR) is 158 cm³/mol. The highest BCUT2D eigenvalue weighted by Gasteiger charge is 2.61. The number of hydrogen-bond donors (Lipinski definition) is 1. The molecule has 1 aliphatic carbocycles. The minimum Gasteiger partial charge on any atom is -0.363 e. The quantitative estimate of drug-likeness (QED) is 0.515. The van der Waals surface area contributed by atoms with Gasteiger partial charge in [-0.3, -0.25) is 14.4 Å². The van der Waals surface area contributed by atoms with E-state index in [9.17, 15) is 18.8 Å². The van der Waals surface area contributed by atoms with Gasteiger partial charge < -0.3 is 24.8 Å². The fraction of sp³-hybridized carbons (Fsp3) is 0.548. The molecule has 11 heteroatoms. The van der Waals surface area contributed by atoms with Crippen molar-refractivity contribution < 1.29 is 23.5 Å². The van der Waals surface area contributed by atoms with E-state index in [1.54, 1.807) is 31.2 Å². The summed E-state index contributed by atoms with van der Waals surface area (Å²) in [6, 6.07) is 5.09. The first kappa shape index (κ1) is 28.8. The Labute approximate surface area is 249 Å². The van der Waals surface area contributed by atoms with Crippen molar-refractivity contribution in [2.75, 3.05) is 51.3 Å². The number of carbonyl (C=O) groups is 3. The summed E-state index contributed by atoms with van der Waals surface area (Å²) in [4.78, 5) is 50.7. The minimum atomic E-state index is -0.920. The number of benzene rings is 1. The van der Waals surface area contributed by atoms with E-state index in [0.717, 1.165) is 63.2 Å². The van der Waals surface area contributed by atoms with Crippen molar-refractivity contribution in [2.45, 2.75) is 50.3 Å². The molecule has 222 valence electrons. The van der Waals surface area contributed by atoms with Crippen molar-refractivity contribution >= 4 is 34.1 Å². The van der Waals surface area contributed by atoms with Crippen LogP contribution in [0.1, 0.15) is 43.0 Å². The molecule has 42 heavy (non-hydrogen) atoms. The smallest absolute Gasteiger partial charge is 0.251 e. The largest absolute Gasteiger partial charge is 0.363 e. The number of halogens is 1. The maximum Gasteiger partial charge on any atom is 0.251 e. The molecule has 1 aromatic heterocycles. The fourth-order valence-corrected chi connectivity index (χ4v) is 7.72. The summed E-state index contributed by atoms with van der Waals surface area (Å²) in [6.45, 7) is 5.33. The molecule has 1 N–H and O–H groups in total. The van der Waals surface area contributed by atoms with Gasteiger partial charge in [0, 0.05) is 43.9 Å². The van der Waals surface area contributed by atoms with Crippen molar-refractivity contribution in [3.63, 3.8) is 0 Å². The van der Waals surface area contributed by atoms with Gasteiger partial charge >= 0.3 is 0 Å². The number of likely N-dealkylation sites (N-methyl/N-ethyl adjacent to an activating group) is 1. The SMILES string of the molecule is C#C[C@@H]1CN(C(=O)[C@@H](NC(=O)c2ccc(-c3nc(N4CCN(C)CC4)sc3F)cc2)C2CCCC2)[C@@H]2C(=O)CO[C@]12C. The number of hydrogen-bond acceptors (Lipinski definition) is 8. The normalized spacial score (nSPS) is 27.2. The number of aromatic nitrogens is 1. The van der Waals surface area contributed by atoms with Gasteiger partial charge in [0.1, 0.15) is 30.0 Å². The van der Waals surface area contributed by atoms with Crippen LogP contribution >= 0.6 is 11.3 Å². The number of amides is 2. The molecule has 2 aromatic rings. The average molecular weight is 594 g/mol. The molecule has 4 heterocycles. The second kappa shape index (κ2) is 11.4. The zero-order valence-electron chi connectivity index (χ0n) is 24.0. The summed E-state index contributed by atoms with van der Waals surface area (Å²) in [5, 5.41) is 3.28. The molecule has 6 rings (SSSR count). The standard InChI is InChI=1S/C31H36FN5O4S/c1-4-22-17-37(26-23(38)18-41-31(22,26)2)29(40)25(19-7-5-6-8-19)33-28(39)21-11-9-20(10-12-21)24-27(32)42-30(34-24)36-15-13-35(3)14-16-36/h1,9-12,19,22,25-26H,5-8,13-18H2,2-3H3,(H,33,39)/t22-,25+,26-,31-/m1/s1. The number of Topliss-reactive ketones (excluding diaryl/α,β-unsaturated/α-hetero) is 1. The number of fused-ring (bicyclic) bond motifs is 1. The van der Waals surface area contributed by atoms with Crippen LogP contribution in [0.3, 0.4) is 0 Å². The van der Waals surface area contributed by atoms with Crippen LogP contribution in [0.5, 0.6) is 0 Å². The fourth-order valence-electron chi connectivity index (χ4n) is 6.85. The molecule has 2 amide bonds. The van der Waals surface area contributed by atoms with Crippen molar-refractivity contribution in [1.82, 2.24) is 20.1 Å². The van der Waals surface area contributed by atoms with Crippen LogP contribution in [0.4, 0.5) is 9.52 Å². The van der Waals surface area contributed by atoms with Crippen molar-refractivity contribution in [2.24, 2.45) is 11.8 Å². The number of terminal acetylenes is 1. The molecule has 0 radical (unpaired) electrons. The number of anilines is 1. The molecule has 1 aromatic carbocycles. The molecule has 3 aliphatic heterocycles. The Morgan fingerprint density at radius 1 is 1.19 bits per heavy atom. The lowest BCUT2D eigenvalue weighted by Crippen LogP contribution is -2.55. The zero-order chi connectivity index (χ0) is 29.6. The number of nitrogens with zero attached hydrogens (tertiary/aromatic N) is 4. The Kier molecular flexibility index (Phi) is 7.81. The van der Waals surface area contributed by atoms with Crippen LogP contribution in [-0.4, -0.2) is 96.4 Å². The molecule has 4 aliphatic rings. The van der Waals surface area contributed by atoms with Crippen LogP contribution in [0.2, 0.25) is 0 Å². The van der Waals surface area contributed by atoms with Crippen molar-refractivity contribution in [3.05, 3.63) is 35.0 Å². The van der Waals surface area contributed by atoms with Gasteiger partial charge in [-0.05, 0) is 44.9 Å². The highest BCUT2D eigenvalue weighted by Crippen LogP contribution is 2.42. The summed E-state index contributed by atoms with van der Waals surface area (Å²) in [6.07, 6.45) is 9.34. The monoisotopic (exact) mass is 593 g/mol. The maximum atomic E-state index is 14.9. The van der Waals surface area contributed by atoms with Crippen molar-refractivity contribution in [3.8, 4) is 23.6 Å². The molecule has 4 fully saturated rings. The van der Waals surface area contributed by atoms with E-state index in [1.165, 1.54) is 4.90 Å². The van der Waals surface area contributed by atoms with Gasteiger partial charge in [0.2, 0.25) is 11.0 Å². The lowest BCUT2D eigenvalue weighted by molar-refractivity contribution is -0.139. The second-order valence-corrected chi connectivity index (χ2v) is 13.0. The number of carbonyl (C=O) groups excluding carboxylic acids is 3. The Morgan fingerprint density at radius 2 is 1.88 bits per heavy atom. The van der Waals surface area contributed by atoms with Gasteiger partial charge in [0.15, 0.2) is 10.9 Å². The Bertz CT molecular complexity index is 1410. The molecule has 4 atom stereocenters. The molecular weight excluding hydrogens is 557 g/mol. The van der Waals surface area contributed by atoms with Crippen LogP contribution in [0, 0.1) is 29.3 Å². The van der Waals surface area contributed by atoms with E-state index in [1.807, 2.05) is 0 Å². The van der Waals surface area contributed by atoms with E-state index < -0.39 is 29.5 Å². The predicted octanol–water partition coefficient (Wildman–Crippen LogP) is 2.81. The van der Waals surface area contributed by atoms with E-state index in [-0.39, 0.29) is 41.6 Å². The Balaban J connectivity index is 1.19. The number of ether oxygens (including phenoxy) is 1. The lowest BCUT2D eigenvalue weighted by Gasteiger charge is -2.32. The third-order valence-corrected chi connectivity index (χ3v) is 10.3. The molecule has 1 saturated carbocycles. The first-order valence-corrected chi connectivity index (χ1v) is 15.5. The highest BCUT2D eigenvalue weighted by molar-refractivity contribution is 7.14. The molecular formula is C31H36FN5O4S. The summed E-state index contributed by atoms with van der Waals surface area (Å²) < 4.78 is 20.7. The van der Waals surface area contributed by atoms with E-state index in [4.69, 9.17) is 11.2 Å². The van der Waals surface area contributed by atoms with Gasteiger partial charge in [-0.25, -0.2) is 4.98 Å². The number of rotatable bonds is 6.